The molecule has 33 heavy (non-hydrogen) atoms. The number of rotatable bonds is 6. The first-order valence-corrected chi connectivity index (χ1v) is 10.8. The number of carbonyl (C=O) groups is 1. The largest absolute Gasteiger partial charge is 0.326 e. The molecule has 1 amide bonds. The van der Waals surface area contributed by atoms with E-state index in [1.165, 1.54) is 12.1 Å². The number of nitro groups is 1. The molecule has 0 spiro atoms. The number of fused-ring (bicyclic) bond motifs is 1. The van der Waals surface area contributed by atoms with Gasteiger partial charge in [0.15, 0.2) is 11.5 Å². The third-order valence-corrected chi connectivity index (χ3v) is 5.85. The van der Waals surface area contributed by atoms with Gasteiger partial charge < -0.3 is 5.32 Å². The molecule has 0 aliphatic rings. The second-order valence-corrected chi connectivity index (χ2v) is 8.16. The van der Waals surface area contributed by atoms with Gasteiger partial charge in [-0.15, -0.1) is 21.5 Å². The Morgan fingerprint density at radius 1 is 1.00 bits per heavy atom. The molecule has 10 heteroatoms. The zero-order chi connectivity index (χ0) is 22.8. The Balaban J connectivity index is 1.30. The first kappa shape index (κ1) is 20.5. The number of nitrogens with zero attached hydrogens (tertiary/aromatic N) is 5. The van der Waals surface area contributed by atoms with Crippen LogP contribution in [0.1, 0.15) is 5.56 Å². The van der Waals surface area contributed by atoms with Gasteiger partial charge in [0.2, 0.25) is 5.91 Å². The van der Waals surface area contributed by atoms with Crippen LogP contribution in [0.3, 0.4) is 0 Å². The number of thiophene rings is 1. The molecule has 0 radical (unpaired) electrons. The predicted molar refractivity (Wildman–Crippen MR) is 125 cm³/mol. The molecule has 162 valence electrons. The Hall–Kier alpha value is -4.44. The normalized spacial score (nSPS) is 10.9. The zero-order valence-electron chi connectivity index (χ0n) is 17.1. The van der Waals surface area contributed by atoms with Crippen molar-refractivity contribution in [2.24, 2.45) is 0 Å². The summed E-state index contributed by atoms with van der Waals surface area (Å²) < 4.78 is 1.72. The summed E-state index contributed by atoms with van der Waals surface area (Å²) in [6.07, 6.45) is 0.122. The van der Waals surface area contributed by atoms with Gasteiger partial charge in [-0.2, -0.15) is 9.61 Å². The lowest BCUT2D eigenvalue weighted by Crippen LogP contribution is -2.14. The summed E-state index contributed by atoms with van der Waals surface area (Å²) in [6, 6.07) is 21.0. The van der Waals surface area contributed by atoms with Crippen molar-refractivity contribution in [2.45, 2.75) is 6.42 Å². The number of nitrogens with one attached hydrogen (secondary N) is 1. The van der Waals surface area contributed by atoms with E-state index in [1.54, 1.807) is 40.1 Å². The van der Waals surface area contributed by atoms with Crippen LogP contribution in [0.25, 0.3) is 27.6 Å². The molecule has 0 atom stereocenters. The van der Waals surface area contributed by atoms with Crippen molar-refractivity contribution in [3.05, 3.63) is 93.9 Å². The molecular weight excluding hydrogens is 440 g/mol. The minimum atomic E-state index is -0.468. The van der Waals surface area contributed by atoms with Gasteiger partial charge in [0.25, 0.3) is 5.69 Å². The van der Waals surface area contributed by atoms with Crippen LogP contribution in [0, 0.1) is 10.1 Å². The topological polar surface area (TPSA) is 115 Å². The van der Waals surface area contributed by atoms with Crippen LogP contribution in [0.2, 0.25) is 0 Å². The van der Waals surface area contributed by atoms with Crippen molar-refractivity contribution in [1.29, 1.82) is 0 Å². The zero-order valence-corrected chi connectivity index (χ0v) is 17.9. The molecular formula is C23H16N6O3S. The molecule has 5 aromatic rings. The fourth-order valence-corrected chi connectivity index (χ4v) is 4.05. The Morgan fingerprint density at radius 2 is 1.79 bits per heavy atom. The van der Waals surface area contributed by atoms with E-state index in [0.29, 0.717) is 22.7 Å². The molecule has 0 saturated carbocycles. The fraction of sp³-hybridized carbons (Fsp3) is 0.0435. The first-order valence-electron chi connectivity index (χ1n) is 9.97. The quantitative estimate of drug-likeness (QED) is 0.295. The van der Waals surface area contributed by atoms with Crippen LogP contribution in [0.5, 0.6) is 0 Å². The number of benzene rings is 2. The maximum atomic E-state index is 12.3. The maximum absolute atomic E-state index is 12.3. The summed E-state index contributed by atoms with van der Waals surface area (Å²) in [5, 5.41) is 28.7. The Bertz CT molecular complexity index is 1440. The van der Waals surface area contributed by atoms with E-state index in [1.807, 2.05) is 41.8 Å². The predicted octanol–water partition coefficient (Wildman–Crippen LogP) is 4.61. The molecule has 5 rings (SSSR count). The second-order valence-electron chi connectivity index (χ2n) is 7.22. The third kappa shape index (κ3) is 4.32. The highest BCUT2D eigenvalue weighted by atomic mass is 32.1. The number of anilines is 1. The number of amides is 1. The van der Waals surface area contributed by atoms with Gasteiger partial charge >= 0.3 is 0 Å². The SMILES string of the molecule is O=C(Cc1ccc([N+](=O)[O-])cc1)Nc1ccc(-c2ccc3nnc(-c4cccs4)n3n2)cc1. The molecule has 0 aliphatic heterocycles. The fourth-order valence-electron chi connectivity index (χ4n) is 3.35. The van der Waals surface area contributed by atoms with E-state index in [0.717, 1.165) is 16.1 Å². The number of nitro benzene ring substituents is 1. The minimum absolute atomic E-state index is 0.00414. The van der Waals surface area contributed by atoms with Crippen molar-refractivity contribution in [3.8, 4) is 22.0 Å². The third-order valence-electron chi connectivity index (χ3n) is 4.98. The molecule has 0 saturated heterocycles. The number of hydrogen-bond donors (Lipinski definition) is 1. The van der Waals surface area contributed by atoms with Gasteiger partial charge in [-0.3, -0.25) is 14.9 Å². The number of non-ortho nitro benzene ring substituents is 1. The standard InChI is InChI=1S/C23H16N6O3S/c30-22(14-15-3-9-18(10-4-15)29(31)32)24-17-7-5-16(6-8-17)19-11-12-21-25-26-23(28(21)27-19)20-2-1-13-33-20/h1-13H,14H2,(H,24,30). The molecule has 0 unspecified atom stereocenters. The molecule has 3 aromatic heterocycles. The average Bonchev–Trinajstić information content (AvgIpc) is 3.49. The molecule has 0 bridgehead atoms. The number of carbonyl (C=O) groups excluding carboxylic acids is 1. The van der Waals surface area contributed by atoms with Gasteiger partial charge in [0.1, 0.15) is 0 Å². The summed E-state index contributed by atoms with van der Waals surface area (Å²) in [5.41, 5.74) is 3.64. The highest BCUT2D eigenvalue weighted by Gasteiger charge is 2.12. The summed E-state index contributed by atoms with van der Waals surface area (Å²) >= 11 is 1.57. The van der Waals surface area contributed by atoms with Crippen molar-refractivity contribution >= 4 is 34.3 Å². The average molecular weight is 456 g/mol. The van der Waals surface area contributed by atoms with Crippen LogP contribution in [-0.2, 0) is 11.2 Å². The lowest BCUT2D eigenvalue weighted by molar-refractivity contribution is -0.384. The summed E-state index contributed by atoms with van der Waals surface area (Å²) in [5.74, 6) is 0.484. The van der Waals surface area contributed by atoms with Crippen molar-refractivity contribution < 1.29 is 9.72 Å². The Kier molecular flexibility index (Phi) is 5.33. The lowest BCUT2D eigenvalue weighted by Gasteiger charge is -2.07. The van der Waals surface area contributed by atoms with Crippen molar-refractivity contribution in [2.75, 3.05) is 5.32 Å². The highest BCUT2D eigenvalue weighted by molar-refractivity contribution is 7.13. The second kappa shape index (κ2) is 8.60. The Labute approximate surface area is 191 Å². The number of hydrogen-bond acceptors (Lipinski definition) is 7. The molecule has 0 aliphatic carbocycles. The summed E-state index contributed by atoms with van der Waals surface area (Å²) in [6.45, 7) is 0. The van der Waals surface area contributed by atoms with Gasteiger partial charge in [0, 0.05) is 23.4 Å². The van der Waals surface area contributed by atoms with E-state index in [-0.39, 0.29) is 18.0 Å². The highest BCUT2D eigenvalue weighted by Crippen LogP contribution is 2.25. The van der Waals surface area contributed by atoms with Gasteiger partial charge in [0.05, 0.1) is 21.9 Å². The van der Waals surface area contributed by atoms with E-state index in [2.05, 4.69) is 15.5 Å². The van der Waals surface area contributed by atoms with Crippen molar-refractivity contribution in [3.63, 3.8) is 0 Å². The van der Waals surface area contributed by atoms with Gasteiger partial charge in [-0.1, -0.05) is 30.3 Å². The van der Waals surface area contributed by atoms with E-state index >= 15 is 0 Å². The first-order chi connectivity index (χ1) is 16.1. The molecule has 0 fully saturated rings. The van der Waals surface area contributed by atoms with Crippen molar-refractivity contribution in [1.82, 2.24) is 19.8 Å². The minimum Gasteiger partial charge on any atom is -0.326 e. The van der Waals surface area contributed by atoms with Crippen LogP contribution >= 0.6 is 11.3 Å². The Morgan fingerprint density at radius 3 is 2.48 bits per heavy atom. The molecule has 2 aromatic carbocycles. The molecule has 1 N–H and O–H groups in total. The molecule has 3 heterocycles. The van der Waals surface area contributed by atoms with E-state index in [9.17, 15) is 14.9 Å². The van der Waals surface area contributed by atoms with Crippen LogP contribution in [-0.4, -0.2) is 30.6 Å². The van der Waals surface area contributed by atoms with Crippen LogP contribution in [0.4, 0.5) is 11.4 Å². The van der Waals surface area contributed by atoms with Gasteiger partial charge in [-0.25, -0.2) is 0 Å². The number of aromatic nitrogens is 4. The van der Waals surface area contributed by atoms with Crippen LogP contribution < -0.4 is 5.32 Å². The summed E-state index contributed by atoms with van der Waals surface area (Å²) in [4.78, 5) is 23.6. The van der Waals surface area contributed by atoms with E-state index in [4.69, 9.17) is 5.10 Å². The monoisotopic (exact) mass is 456 g/mol. The smallest absolute Gasteiger partial charge is 0.269 e. The molecule has 9 nitrogen and oxygen atoms in total. The van der Waals surface area contributed by atoms with Crippen LogP contribution in [0.15, 0.2) is 78.2 Å². The maximum Gasteiger partial charge on any atom is 0.269 e. The van der Waals surface area contributed by atoms with Gasteiger partial charge in [-0.05, 0) is 41.3 Å². The van der Waals surface area contributed by atoms with E-state index < -0.39 is 4.92 Å². The lowest BCUT2D eigenvalue weighted by atomic mass is 10.1. The summed E-state index contributed by atoms with van der Waals surface area (Å²) in [7, 11) is 0.